The zero-order valence-corrected chi connectivity index (χ0v) is 12.2. The standard InChI is InChI=1S/C17H26N2/c1-13-7-8-14(2)19(12-13)10-9-15-11-18-17-6-4-3-5-16(15)17/h3-6,13-15,18H,7-12H2,1-2H3. The van der Waals surface area contributed by atoms with E-state index in [2.05, 4.69) is 48.3 Å². The van der Waals surface area contributed by atoms with Crippen molar-refractivity contribution in [3.63, 3.8) is 0 Å². The summed E-state index contributed by atoms with van der Waals surface area (Å²) in [5.74, 6) is 1.59. The topological polar surface area (TPSA) is 15.3 Å². The van der Waals surface area contributed by atoms with Crippen LogP contribution in [0.5, 0.6) is 0 Å². The quantitative estimate of drug-likeness (QED) is 0.889. The number of nitrogens with zero attached hydrogens (tertiary/aromatic N) is 1. The highest BCUT2D eigenvalue weighted by atomic mass is 15.2. The summed E-state index contributed by atoms with van der Waals surface area (Å²) in [4.78, 5) is 2.70. The van der Waals surface area contributed by atoms with Crippen molar-refractivity contribution in [1.29, 1.82) is 0 Å². The number of piperidine rings is 1. The van der Waals surface area contributed by atoms with E-state index in [0.29, 0.717) is 5.92 Å². The lowest BCUT2D eigenvalue weighted by atomic mass is 9.93. The molecule has 0 saturated carbocycles. The molecular formula is C17H26N2. The van der Waals surface area contributed by atoms with Crippen molar-refractivity contribution in [2.75, 3.05) is 25.0 Å². The molecule has 1 aromatic rings. The minimum absolute atomic E-state index is 0.709. The minimum atomic E-state index is 0.709. The van der Waals surface area contributed by atoms with Crippen molar-refractivity contribution in [1.82, 2.24) is 4.90 Å². The molecule has 2 heteroatoms. The van der Waals surface area contributed by atoms with E-state index >= 15 is 0 Å². The SMILES string of the molecule is CC1CCC(C)N(CCC2CNc3ccccc32)C1. The monoisotopic (exact) mass is 258 g/mol. The molecule has 0 aromatic heterocycles. The van der Waals surface area contributed by atoms with Crippen molar-refractivity contribution in [2.45, 2.75) is 45.1 Å². The van der Waals surface area contributed by atoms with Crippen LogP contribution in [-0.4, -0.2) is 30.6 Å². The third-order valence-corrected chi connectivity index (χ3v) is 4.95. The first kappa shape index (κ1) is 13.0. The minimum Gasteiger partial charge on any atom is -0.384 e. The van der Waals surface area contributed by atoms with Gasteiger partial charge in [-0.2, -0.15) is 0 Å². The second-order valence-electron chi connectivity index (χ2n) is 6.48. The Hall–Kier alpha value is -1.02. The summed E-state index contributed by atoms with van der Waals surface area (Å²) in [7, 11) is 0. The molecule has 3 unspecified atom stereocenters. The molecule has 1 aromatic carbocycles. The third-order valence-electron chi connectivity index (χ3n) is 4.95. The van der Waals surface area contributed by atoms with Gasteiger partial charge in [0.05, 0.1) is 0 Å². The Morgan fingerprint density at radius 2 is 2.05 bits per heavy atom. The van der Waals surface area contributed by atoms with E-state index in [-0.39, 0.29) is 0 Å². The number of benzene rings is 1. The molecular weight excluding hydrogens is 232 g/mol. The van der Waals surface area contributed by atoms with Gasteiger partial charge in [-0.15, -0.1) is 0 Å². The highest BCUT2D eigenvalue weighted by molar-refractivity contribution is 5.57. The lowest BCUT2D eigenvalue weighted by molar-refractivity contribution is 0.121. The maximum absolute atomic E-state index is 3.54. The van der Waals surface area contributed by atoms with Gasteiger partial charge >= 0.3 is 0 Å². The molecule has 1 saturated heterocycles. The number of hydrogen-bond donors (Lipinski definition) is 1. The van der Waals surface area contributed by atoms with Crippen LogP contribution in [0.15, 0.2) is 24.3 Å². The lowest BCUT2D eigenvalue weighted by Crippen LogP contribution is -2.41. The van der Waals surface area contributed by atoms with Gasteiger partial charge in [0.2, 0.25) is 0 Å². The molecule has 0 aliphatic carbocycles. The van der Waals surface area contributed by atoms with E-state index < -0.39 is 0 Å². The van der Waals surface area contributed by atoms with Crippen LogP contribution in [-0.2, 0) is 0 Å². The zero-order chi connectivity index (χ0) is 13.2. The average molecular weight is 258 g/mol. The van der Waals surface area contributed by atoms with Crippen LogP contribution in [0.4, 0.5) is 5.69 Å². The van der Waals surface area contributed by atoms with Gasteiger partial charge in [0.15, 0.2) is 0 Å². The van der Waals surface area contributed by atoms with E-state index in [0.717, 1.165) is 18.5 Å². The number of anilines is 1. The lowest BCUT2D eigenvalue weighted by Gasteiger charge is -2.37. The highest BCUT2D eigenvalue weighted by Crippen LogP contribution is 2.34. The van der Waals surface area contributed by atoms with Crippen LogP contribution in [0.25, 0.3) is 0 Å². The van der Waals surface area contributed by atoms with Crippen molar-refractivity contribution in [3.05, 3.63) is 29.8 Å². The Balaban J connectivity index is 1.58. The van der Waals surface area contributed by atoms with Crippen molar-refractivity contribution >= 4 is 5.69 Å². The van der Waals surface area contributed by atoms with Gasteiger partial charge in [-0.05, 0) is 50.3 Å². The average Bonchev–Trinajstić information content (AvgIpc) is 2.83. The molecule has 2 nitrogen and oxygen atoms in total. The number of para-hydroxylation sites is 1. The predicted molar refractivity (Wildman–Crippen MR) is 81.7 cm³/mol. The number of hydrogen-bond acceptors (Lipinski definition) is 2. The molecule has 1 fully saturated rings. The number of nitrogens with one attached hydrogen (secondary N) is 1. The number of likely N-dealkylation sites (tertiary alicyclic amines) is 1. The normalized spacial score (nSPS) is 30.9. The van der Waals surface area contributed by atoms with E-state index in [9.17, 15) is 0 Å². The van der Waals surface area contributed by atoms with Crippen molar-refractivity contribution in [3.8, 4) is 0 Å². The van der Waals surface area contributed by atoms with Crippen molar-refractivity contribution in [2.24, 2.45) is 5.92 Å². The molecule has 0 radical (unpaired) electrons. The summed E-state index contributed by atoms with van der Waals surface area (Å²) < 4.78 is 0. The summed E-state index contributed by atoms with van der Waals surface area (Å²) in [5.41, 5.74) is 2.88. The van der Waals surface area contributed by atoms with Crippen LogP contribution < -0.4 is 5.32 Å². The maximum atomic E-state index is 3.54. The first-order valence-electron chi connectivity index (χ1n) is 7.81. The molecule has 0 spiro atoms. The highest BCUT2D eigenvalue weighted by Gasteiger charge is 2.26. The molecule has 104 valence electrons. The van der Waals surface area contributed by atoms with Gasteiger partial charge in [-0.25, -0.2) is 0 Å². The molecule has 0 amide bonds. The van der Waals surface area contributed by atoms with Crippen LogP contribution in [0.1, 0.15) is 44.6 Å². The van der Waals surface area contributed by atoms with Crippen molar-refractivity contribution < 1.29 is 0 Å². The van der Waals surface area contributed by atoms with Gasteiger partial charge in [0, 0.05) is 30.7 Å². The van der Waals surface area contributed by atoms with Crippen LogP contribution >= 0.6 is 0 Å². The third kappa shape index (κ3) is 2.79. The first-order chi connectivity index (χ1) is 9.24. The van der Waals surface area contributed by atoms with E-state index in [1.165, 1.54) is 43.6 Å². The molecule has 19 heavy (non-hydrogen) atoms. The van der Waals surface area contributed by atoms with Crippen LogP contribution in [0.3, 0.4) is 0 Å². The molecule has 3 atom stereocenters. The fourth-order valence-electron chi connectivity index (χ4n) is 3.63. The summed E-state index contributed by atoms with van der Waals surface area (Å²) in [6, 6.07) is 9.58. The van der Waals surface area contributed by atoms with Gasteiger partial charge in [0.1, 0.15) is 0 Å². The Morgan fingerprint density at radius 3 is 2.95 bits per heavy atom. The second-order valence-corrected chi connectivity index (χ2v) is 6.48. The van der Waals surface area contributed by atoms with Gasteiger partial charge in [0.25, 0.3) is 0 Å². The fourth-order valence-corrected chi connectivity index (χ4v) is 3.63. The Morgan fingerprint density at radius 1 is 1.21 bits per heavy atom. The Bertz CT molecular complexity index is 429. The zero-order valence-electron chi connectivity index (χ0n) is 12.2. The number of rotatable bonds is 3. The summed E-state index contributed by atoms with van der Waals surface area (Å²) in [6.45, 7) is 8.46. The van der Waals surface area contributed by atoms with E-state index in [1.807, 2.05) is 0 Å². The first-order valence-corrected chi connectivity index (χ1v) is 7.81. The molecule has 2 heterocycles. The predicted octanol–water partition coefficient (Wildman–Crippen LogP) is 3.71. The summed E-state index contributed by atoms with van der Waals surface area (Å²) in [6.07, 6.45) is 4.08. The molecule has 2 aliphatic heterocycles. The Labute approximate surface area is 117 Å². The molecule has 3 rings (SSSR count). The summed E-state index contributed by atoms with van der Waals surface area (Å²) >= 11 is 0. The molecule has 2 aliphatic rings. The van der Waals surface area contributed by atoms with Crippen LogP contribution in [0.2, 0.25) is 0 Å². The summed E-state index contributed by atoms with van der Waals surface area (Å²) in [5, 5.41) is 3.54. The molecule has 1 N–H and O–H groups in total. The second kappa shape index (κ2) is 5.54. The van der Waals surface area contributed by atoms with Crippen LogP contribution in [0, 0.1) is 5.92 Å². The Kier molecular flexibility index (Phi) is 3.79. The van der Waals surface area contributed by atoms with E-state index in [1.54, 1.807) is 0 Å². The largest absolute Gasteiger partial charge is 0.384 e. The maximum Gasteiger partial charge on any atom is 0.0376 e. The van der Waals surface area contributed by atoms with Gasteiger partial charge in [-0.3, -0.25) is 0 Å². The van der Waals surface area contributed by atoms with E-state index in [4.69, 9.17) is 0 Å². The fraction of sp³-hybridized carbons (Fsp3) is 0.647. The van der Waals surface area contributed by atoms with Gasteiger partial charge < -0.3 is 10.2 Å². The van der Waals surface area contributed by atoms with Gasteiger partial charge in [-0.1, -0.05) is 25.1 Å². The number of fused-ring (bicyclic) bond motifs is 1. The smallest absolute Gasteiger partial charge is 0.0376 e. The molecule has 0 bridgehead atoms.